The monoisotopic (exact) mass is 240 g/mol. The molecule has 0 bridgehead atoms. The lowest BCUT2D eigenvalue weighted by molar-refractivity contribution is 0.170. The second-order valence-corrected chi connectivity index (χ2v) is 4.91. The van der Waals surface area contributed by atoms with Crippen molar-refractivity contribution in [1.29, 1.82) is 0 Å². The molecule has 0 amide bonds. The third-order valence-electron chi connectivity index (χ3n) is 2.87. The third kappa shape index (κ3) is 2.92. The fraction of sp³-hybridized carbons (Fsp3) is 0.538. The van der Waals surface area contributed by atoms with E-state index in [1.165, 1.54) is 5.56 Å². The molecule has 1 aromatic rings. The minimum Gasteiger partial charge on any atom is -0.496 e. The van der Waals surface area contributed by atoms with Gasteiger partial charge in [0.1, 0.15) is 5.75 Å². The maximum absolute atomic E-state index is 10.1. The van der Waals surface area contributed by atoms with E-state index in [-0.39, 0.29) is 0 Å². The molecule has 90 valence electrons. The number of hydrogen-bond acceptors (Lipinski definition) is 3. The Hall–Kier alpha value is -0.670. The maximum Gasteiger partial charge on any atom is 0.127 e. The highest BCUT2D eigenvalue weighted by atomic mass is 32.2. The Morgan fingerprint density at radius 3 is 2.62 bits per heavy atom. The minimum absolute atomic E-state index is 0.429. The van der Waals surface area contributed by atoms with Crippen molar-refractivity contribution in [2.45, 2.75) is 26.4 Å². The Bertz CT molecular complexity index is 350. The average Bonchev–Trinajstić information content (AvgIpc) is 2.29. The number of thioether (sulfide) groups is 1. The Kier molecular flexibility index (Phi) is 5.16. The summed E-state index contributed by atoms with van der Waals surface area (Å²) in [4.78, 5) is 0. The predicted octanol–water partition coefficient (Wildman–Crippen LogP) is 3.10. The summed E-state index contributed by atoms with van der Waals surface area (Å²) >= 11 is 1.74. The number of aryl methyl sites for hydroxylation is 1. The van der Waals surface area contributed by atoms with Crippen molar-refractivity contribution in [3.05, 3.63) is 28.8 Å². The number of aliphatic hydroxyl groups excluding tert-OH is 1. The first-order chi connectivity index (χ1) is 7.61. The van der Waals surface area contributed by atoms with Crippen molar-refractivity contribution < 1.29 is 9.84 Å². The van der Waals surface area contributed by atoms with E-state index in [1.54, 1.807) is 18.9 Å². The van der Waals surface area contributed by atoms with E-state index in [2.05, 4.69) is 6.92 Å². The van der Waals surface area contributed by atoms with Gasteiger partial charge in [0.05, 0.1) is 13.2 Å². The zero-order valence-corrected chi connectivity index (χ0v) is 11.2. The minimum atomic E-state index is -0.429. The summed E-state index contributed by atoms with van der Waals surface area (Å²) in [6.07, 6.45) is 2.38. The molecule has 16 heavy (non-hydrogen) atoms. The fourth-order valence-corrected chi connectivity index (χ4v) is 2.19. The molecule has 0 heterocycles. The molecular weight excluding hydrogens is 220 g/mol. The predicted molar refractivity (Wildman–Crippen MR) is 70.4 cm³/mol. The Morgan fingerprint density at radius 2 is 2.06 bits per heavy atom. The van der Waals surface area contributed by atoms with Gasteiger partial charge in [-0.1, -0.05) is 12.1 Å². The summed E-state index contributed by atoms with van der Waals surface area (Å²) in [5.41, 5.74) is 3.21. The summed E-state index contributed by atoms with van der Waals surface area (Å²) < 4.78 is 5.39. The van der Waals surface area contributed by atoms with Crippen LogP contribution in [0.3, 0.4) is 0 Å². The van der Waals surface area contributed by atoms with Crippen molar-refractivity contribution in [3.8, 4) is 5.75 Å². The fourth-order valence-electron chi connectivity index (χ4n) is 1.73. The SMILES string of the molecule is COc1c(C(O)CCSC)ccc(C)c1C. The highest BCUT2D eigenvalue weighted by Gasteiger charge is 2.15. The molecule has 1 aromatic carbocycles. The van der Waals surface area contributed by atoms with E-state index >= 15 is 0 Å². The summed E-state index contributed by atoms with van der Waals surface area (Å²) in [5, 5.41) is 10.1. The molecule has 0 aliphatic rings. The van der Waals surface area contributed by atoms with E-state index in [1.807, 2.05) is 25.3 Å². The number of methoxy groups -OCH3 is 1. The van der Waals surface area contributed by atoms with Crippen LogP contribution in [0.15, 0.2) is 12.1 Å². The normalized spacial score (nSPS) is 12.6. The van der Waals surface area contributed by atoms with Crippen LogP contribution >= 0.6 is 11.8 Å². The van der Waals surface area contributed by atoms with Crippen LogP contribution in [0, 0.1) is 13.8 Å². The number of rotatable bonds is 5. The van der Waals surface area contributed by atoms with Gasteiger partial charge in [-0.25, -0.2) is 0 Å². The maximum atomic E-state index is 10.1. The molecular formula is C13H20O2S. The van der Waals surface area contributed by atoms with E-state index in [4.69, 9.17) is 4.74 Å². The van der Waals surface area contributed by atoms with E-state index in [9.17, 15) is 5.11 Å². The summed E-state index contributed by atoms with van der Waals surface area (Å²) in [5.74, 6) is 1.78. The van der Waals surface area contributed by atoms with Crippen LogP contribution in [-0.2, 0) is 0 Å². The number of ether oxygens (including phenoxy) is 1. The van der Waals surface area contributed by atoms with Gasteiger partial charge in [0.25, 0.3) is 0 Å². The van der Waals surface area contributed by atoms with E-state index in [0.29, 0.717) is 0 Å². The molecule has 0 aliphatic carbocycles. The highest BCUT2D eigenvalue weighted by molar-refractivity contribution is 7.98. The van der Waals surface area contributed by atoms with Crippen molar-refractivity contribution in [1.82, 2.24) is 0 Å². The molecule has 0 fully saturated rings. The summed E-state index contributed by atoms with van der Waals surface area (Å²) in [6, 6.07) is 4.00. The standard InChI is InChI=1S/C13H20O2S/c1-9-5-6-11(12(14)7-8-16-4)13(15-3)10(9)2/h5-6,12,14H,7-8H2,1-4H3. The first-order valence-electron chi connectivity index (χ1n) is 5.43. The van der Waals surface area contributed by atoms with Crippen LogP contribution in [0.2, 0.25) is 0 Å². The lowest BCUT2D eigenvalue weighted by Crippen LogP contribution is -2.04. The molecule has 3 heteroatoms. The smallest absolute Gasteiger partial charge is 0.127 e. The zero-order valence-electron chi connectivity index (χ0n) is 10.4. The van der Waals surface area contributed by atoms with Crippen LogP contribution in [0.1, 0.15) is 29.2 Å². The van der Waals surface area contributed by atoms with Crippen molar-refractivity contribution in [2.24, 2.45) is 0 Å². The van der Waals surface area contributed by atoms with Crippen molar-refractivity contribution in [3.63, 3.8) is 0 Å². The molecule has 0 spiro atoms. The Morgan fingerprint density at radius 1 is 1.38 bits per heavy atom. The van der Waals surface area contributed by atoms with Gasteiger partial charge in [0.2, 0.25) is 0 Å². The van der Waals surface area contributed by atoms with Gasteiger partial charge in [0, 0.05) is 5.56 Å². The molecule has 1 rings (SSSR count). The molecule has 0 aliphatic heterocycles. The largest absolute Gasteiger partial charge is 0.496 e. The number of benzene rings is 1. The highest BCUT2D eigenvalue weighted by Crippen LogP contribution is 2.32. The van der Waals surface area contributed by atoms with Gasteiger partial charge in [-0.15, -0.1) is 0 Å². The molecule has 0 saturated carbocycles. The molecule has 1 unspecified atom stereocenters. The van der Waals surface area contributed by atoms with E-state index in [0.717, 1.165) is 29.1 Å². The van der Waals surface area contributed by atoms with Gasteiger partial charge in [0.15, 0.2) is 0 Å². The molecule has 1 atom stereocenters. The van der Waals surface area contributed by atoms with Crippen LogP contribution in [-0.4, -0.2) is 24.2 Å². The quantitative estimate of drug-likeness (QED) is 0.857. The van der Waals surface area contributed by atoms with Gasteiger partial charge in [-0.2, -0.15) is 11.8 Å². The van der Waals surface area contributed by atoms with Crippen molar-refractivity contribution >= 4 is 11.8 Å². The third-order valence-corrected chi connectivity index (χ3v) is 3.51. The Labute approximate surface area is 102 Å². The summed E-state index contributed by atoms with van der Waals surface area (Å²) in [6.45, 7) is 4.08. The van der Waals surface area contributed by atoms with Crippen molar-refractivity contribution in [2.75, 3.05) is 19.1 Å². The van der Waals surface area contributed by atoms with E-state index < -0.39 is 6.10 Å². The lowest BCUT2D eigenvalue weighted by atomic mass is 9.99. The zero-order chi connectivity index (χ0) is 12.1. The number of aliphatic hydroxyl groups is 1. The molecule has 0 saturated heterocycles. The van der Waals surface area contributed by atoms with Gasteiger partial charge >= 0.3 is 0 Å². The van der Waals surface area contributed by atoms with Crippen LogP contribution in [0.4, 0.5) is 0 Å². The van der Waals surface area contributed by atoms with Gasteiger partial charge in [-0.05, 0) is 43.4 Å². The molecule has 0 aromatic heterocycles. The number of hydrogen-bond donors (Lipinski definition) is 1. The lowest BCUT2D eigenvalue weighted by Gasteiger charge is -2.17. The average molecular weight is 240 g/mol. The first-order valence-corrected chi connectivity index (χ1v) is 6.82. The first kappa shape index (κ1) is 13.4. The second kappa shape index (κ2) is 6.16. The van der Waals surface area contributed by atoms with Crippen LogP contribution in [0.5, 0.6) is 5.75 Å². The Balaban J connectivity index is 2.99. The summed E-state index contributed by atoms with van der Waals surface area (Å²) in [7, 11) is 1.66. The topological polar surface area (TPSA) is 29.5 Å². The molecule has 1 N–H and O–H groups in total. The van der Waals surface area contributed by atoms with Crippen LogP contribution in [0.25, 0.3) is 0 Å². The second-order valence-electron chi connectivity index (χ2n) is 3.93. The molecule has 0 radical (unpaired) electrons. The van der Waals surface area contributed by atoms with Gasteiger partial charge < -0.3 is 9.84 Å². The molecule has 2 nitrogen and oxygen atoms in total. The van der Waals surface area contributed by atoms with Crippen LogP contribution < -0.4 is 4.74 Å². The van der Waals surface area contributed by atoms with Gasteiger partial charge in [-0.3, -0.25) is 0 Å².